The van der Waals surface area contributed by atoms with E-state index in [9.17, 15) is 4.79 Å². The highest BCUT2D eigenvalue weighted by molar-refractivity contribution is 6.32. The van der Waals surface area contributed by atoms with E-state index in [4.69, 9.17) is 23.2 Å². The van der Waals surface area contributed by atoms with Gasteiger partial charge in [-0.1, -0.05) is 29.8 Å². The van der Waals surface area contributed by atoms with E-state index in [1.54, 1.807) is 6.20 Å². The molecule has 0 aliphatic heterocycles. The molecule has 0 saturated carbocycles. The Kier molecular flexibility index (Phi) is 3.30. The Morgan fingerprint density at radius 1 is 1.20 bits per heavy atom. The van der Waals surface area contributed by atoms with Crippen molar-refractivity contribution in [3.63, 3.8) is 0 Å². The zero-order valence-corrected chi connectivity index (χ0v) is 11.5. The van der Waals surface area contributed by atoms with Crippen LogP contribution in [0.4, 0.5) is 5.82 Å². The zero-order valence-electron chi connectivity index (χ0n) is 10.0. The summed E-state index contributed by atoms with van der Waals surface area (Å²) in [5.74, 6) is -0.0430. The molecule has 0 unspecified atom stereocenters. The summed E-state index contributed by atoms with van der Waals surface area (Å²) in [7, 11) is 0. The van der Waals surface area contributed by atoms with Gasteiger partial charge in [0, 0.05) is 23.2 Å². The number of H-pyrrole nitrogens is 1. The molecule has 0 saturated heterocycles. The number of amides is 1. The van der Waals surface area contributed by atoms with Gasteiger partial charge in [0.15, 0.2) is 0 Å². The van der Waals surface area contributed by atoms with Gasteiger partial charge < -0.3 is 10.3 Å². The van der Waals surface area contributed by atoms with Crippen LogP contribution in [-0.2, 0) is 0 Å². The molecule has 20 heavy (non-hydrogen) atoms. The third kappa shape index (κ3) is 2.45. The molecule has 5 nitrogen and oxygen atoms in total. The number of halogens is 2. The number of para-hydroxylation sites is 1. The molecule has 2 heterocycles. The molecule has 0 aliphatic carbocycles. The van der Waals surface area contributed by atoms with Crippen LogP contribution in [0.3, 0.4) is 0 Å². The van der Waals surface area contributed by atoms with Crippen LogP contribution in [0.2, 0.25) is 10.4 Å². The van der Waals surface area contributed by atoms with Gasteiger partial charge in [-0.2, -0.15) is 0 Å². The van der Waals surface area contributed by atoms with E-state index in [-0.39, 0.29) is 22.2 Å². The molecule has 7 heteroatoms. The highest BCUT2D eigenvalue weighted by Gasteiger charge is 2.13. The highest BCUT2D eigenvalue weighted by Crippen LogP contribution is 2.20. The molecule has 0 fully saturated rings. The van der Waals surface area contributed by atoms with Gasteiger partial charge in [-0.15, -0.1) is 0 Å². The fraction of sp³-hybridized carbons (Fsp3) is 0. The maximum Gasteiger partial charge on any atom is 0.258 e. The molecule has 100 valence electrons. The minimum absolute atomic E-state index is 0.0215. The number of nitrogens with one attached hydrogen (secondary N) is 2. The number of aromatic nitrogens is 3. The van der Waals surface area contributed by atoms with Crippen molar-refractivity contribution in [2.45, 2.75) is 0 Å². The van der Waals surface area contributed by atoms with Crippen molar-refractivity contribution >= 4 is 45.8 Å². The van der Waals surface area contributed by atoms with Crippen LogP contribution in [0.15, 0.2) is 36.5 Å². The van der Waals surface area contributed by atoms with Crippen molar-refractivity contribution in [2.24, 2.45) is 0 Å². The third-order valence-electron chi connectivity index (χ3n) is 2.74. The van der Waals surface area contributed by atoms with Gasteiger partial charge in [-0.25, -0.2) is 9.97 Å². The number of aromatic amines is 1. The van der Waals surface area contributed by atoms with Gasteiger partial charge in [0.05, 0.1) is 5.56 Å². The lowest BCUT2D eigenvalue weighted by Crippen LogP contribution is -2.12. The van der Waals surface area contributed by atoms with Crippen molar-refractivity contribution in [3.05, 3.63) is 52.5 Å². The molecule has 0 aliphatic rings. The molecule has 0 spiro atoms. The van der Waals surface area contributed by atoms with Crippen molar-refractivity contribution in [3.8, 4) is 0 Å². The van der Waals surface area contributed by atoms with Gasteiger partial charge in [-0.05, 0) is 17.7 Å². The second-order valence-corrected chi connectivity index (χ2v) is 4.77. The molecule has 3 rings (SSSR count). The maximum atomic E-state index is 12.2. The lowest BCUT2D eigenvalue weighted by molar-refractivity contribution is 0.102. The van der Waals surface area contributed by atoms with E-state index in [0.717, 1.165) is 10.9 Å². The van der Waals surface area contributed by atoms with Crippen molar-refractivity contribution < 1.29 is 4.79 Å². The van der Waals surface area contributed by atoms with Crippen molar-refractivity contribution in [2.75, 3.05) is 5.32 Å². The van der Waals surface area contributed by atoms with Gasteiger partial charge in [-0.3, -0.25) is 4.79 Å². The van der Waals surface area contributed by atoms with E-state index >= 15 is 0 Å². The number of carbonyl (C=O) groups is 1. The number of carbonyl (C=O) groups excluding carboxylic acids is 1. The Morgan fingerprint density at radius 3 is 2.80 bits per heavy atom. The number of hydrogen-bond donors (Lipinski definition) is 2. The van der Waals surface area contributed by atoms with Gasteiger partial charge in [0.2, 0.25) is 5.28 Å². The van der Waals surface area contributed by atoms with Crippen LogP contribution < -0.4 is 5.32 Å². The zero-order chi connectivity index (χ0) is 14.1. The number of benzene rings is 1. The van der Waals surface area contributed by atoms with E-state index in [1.807, 2.05) is 24.3 Å². The van der Waals surface area contributed by atoms with Crippen molar-refractivity contribution in [1.29, 1.82) is 0 Å². The summed E-state index contributed by atoms with van der Waals surface area (Å²) in [5.41, 5.74) is 1.41. The Bertz CT molecular complexity index is 780. The van der Waals surface area contributed by atoms with Crippen LogP contribution in [0.1, 0.15) is 10.4 Å². The SMILES string of the molecule is O=C(Nc1cc(Cl)nc(Cl)n1)c1c[nH]c2ccccc12. The first-order chi connectivity index (χ1) is 9.63. The van der Waals surface area contributed by atoms with Crippen LogP contribution >= 0.6 is 23.2 Å². The molecule has 1 aromatic carbocycles. The number of anilines is 1. The Hall–Kier alpha value is -2.11. The molecule has 0 atom stereocenters. The van der Waals surface area contributed by atoms with E-state index in [2.05, 4.69) is 20.3 Å². The van der Waals surface area contributed by atoms with E-state index in [0.29, 0.717) is 5.56 Å². The molecular formula is C13H8Cl2N4O. The summed E-state index contributed by atoms with van der Waals surface area (Å²) in [6.07, 6.45) is 1.64. The monoisotopic (exact) mass is 306 g/mol. The topological polar surface area (TPSA) is 70.7 Å². The molecule has 0 bridgehead atoms. The predicted octanol–water partition coefficient (Wildman–Crippen LogP) is 3.52. The fourth-order valence-corrected chi connectivity index (χ4v) is 2.31. The quantitative estimate of drug-likeness (QED) is 0.562. The van der Waals surface area contributed by atoms with E-state index < -0.39 is 0 Å². The first-order valence-corrected chi connectivity index (χ1v) is 6.46. The minimum atomic E-state index is -0.298. The second kappa shape index (κ2) is 5.11. The highest BCUT2D eigenvalue weighted by atomic mass is 35.5. The molecule has 0 radical (unpaired) electrons. The number of hydrogen-bond acceptors (Lipinski definition) is 3. The predicted molar refractivity (Wildman–Crippen MR) is 78.3 cm³/mol. The summed E-state index contributed by atoms with van der Waals surface area (Å²) in [5, 5.41) is 3.61. The molecular weight excluding hydrogens is 299 g/mol. The normalized spacial score (nSPS) is 10.7. The summed E-state index contributed by atoms with van der Waals surface area (Å²) < 4.78 is 0. The van der Waals surface area contributed by atoms with Crippen LogP contribution in [0, 0.1) is 0 Å². The van der Waals surface area contributed by atoms with Crippen LogP contribution in [0.25, 0.3) is 10.9 Å². The summed E-state index contributed by atoms with van der Waals surface area (Å²) >= 11 is 11.4. The largest absolute Gasteiger partial charge is 0.360 e. The first kappa shape index (κ1) is 12.9. The average Bonchev–Trinajstić information content (AvgIpc) is 2.81. The standard InChI is InChI=1S/C13H8Cl2N4O/c14-10-5-11(19-13(15)17-10)18-12(20)8-6-16-9-4-2-1-3-7(8)9/h1-6,16H,(H,17,18,19,20). The molecule has 1 amide bonds. The fourth-order valence-electron chi connectivity index (χ4n) is 1.90. The Morgan fingerprint density at radius 2 is 2.00 bits per heavy atom. The second-order valence-electron chi connectivity index (χ2n) is 4.05. The average molecular weight is 307 g/mol. The van der Waals surface area contributed by atoms with Gasteiger partial charge in [0.1, 0.15) is 11.0 Å². The Labute approximate surface area is 124 Å². The van der Waals surface area contributed by atoms with Crippen LogP contribution in [-0.4, -0.2) is 20.9 Å². The summed E-state index contributed by atoms with van der Waals surface area (Å²) in [4.78, 5) is 22.9. The lowest BCUT2D eigenvalue weighted by atomic mass is 10.1. The summed E-state index contributed by atoms with van der Waals surface area (Å²) in [6.45, 7) is 0. The number of nitrogens with zero attached hydrogens (tertiary/aromatic N) is 2. The van der Waals surface area contributed by atoms with Crippen LogP contribution in [0.5, 0.6) is 0 Å². The van der Waals surface area contributed by atoms with Gasteiger partial charge in [0.25, 0.3) is 5.91 Å². The molecule has 3 aromatic rings. The minimum Gasteiger partial charge on any atom is -0.360 e. The third-order valence-corrected chi connectivity index (χ3v) is 3.11. The van der Waals surface area contributed by atoms with Gasteiger partial charge >= 0.3 is 0 Å². The van der Waals surface area contributed by atoms with E-state index in [1.165, 1.54) is 6.07 Å². The summed E-state index contributed by atoms with van der Waals surface area (Å²) in [6, 6.07) is 8.95. The lowest BCUT2D eigenvalue weighted by Gasteiger charge is -2.04. The van der Waals surface area contributed by atoms with Crippen molar-refractivity contribution in [1.82, 2.24) is 15.0 Å². The number of fused-ring (bicyclic) bond motifs is 1. The smallest absolute Gasteiger partial charge is 0.258 e. The first-order valence-electron chi connectivity index (χ1n) is 5.71. The molecule has 2 aromatic heterocycles. The maximum absolute atomic E-state index is 12.2. The Balaban J connectivity index is 1.93. The number of rotatable bonds is 2. The molecule has 2 N–H and O–H groups in total.